The molecule has 4 heterocycles. The summed E-state index contributed by atoms with van der Waals surface area (Å²) in [4.78, 5) is 5.25. The molecule has 302 valence electrons. The maximum absolute atomic E-state index is 7.33. The number of hydrogen-bond acceptors (Lipinski definition) is 3. The number of nitrogens with zero attached hydrogens (tertiary/aromatic N) is 2. The Morgan fingerprint density at radius 3 is 1.84 bits per heavy atom. The summed E-state index contributed by atoms with van der Waals surface area (Å²) in [5.74, 6) is 0.923. The van der Waals surface area contributed by atoms with Crippen LogP contribution in [0.3, 0.4) is 0 Å². The molecule has 2 aliphatic carbocycles. The van der Waals surface area contributed by atoms with Crippen LogP contribution in [0.4, 0.5) is 28.6 Å². The molecule has 3 nitrogen and oxygen atoms in total. The van der Waals surface area contributed by atoms with E-state index in [9.17, 15) is 0 Å². The second-order valence-corrected chi connectivity index (χ2v) is 21.1. The summed E-state index contributed by atoms with van der Waals surface area (Å²) in [6.45, 7) is 19.0. The van der Waals surface area contributed by atoms with Gasteiger partial charge in [0.05, 0.1) is 11.1 Å². The van der Waals surface area contributed by atoms with E-state index in [2.05, 4.69) is 205 Å². The quantitative estimate of drug-likeness (QED) is 0.154. The fraction of sp³-hybridized carbons (Fsp3) is 0.241. The average Bonchev–Trinajstić information content (AvgIpc) is 3.79. The Hall–Kier alpha value is -6.26. The van der Waals surface area contributed by atoms with Gasteiger partial charge < -0.3 is 9.23 Å². The largest absolute Gasteiger partial charge is 0.440 e. The number of fused-ring (bicyclic) bond motifs is 16. The van der Waals surface area contributed by atoms with Gasteiger partial charge in [-0.25, -0.2) is 0 Å². The predicted octanol–water partition coefficient (Wildman–Crippen LogP) is 13.8. The number of para-hydroxylation sites is 3. The third kappa shape index (κ3) is 4.38. The third-order valence-electron chi connectivity index (χ3n) is 15.8. The molecule has 1 spiro atoms. The Bertz CT molecular complexity index is 3240. The van der Waals surface area contributed by atoms with Crippen molar-refractivity contribution in [2.24, 2.45) is 0 Å². The average molecular weight is 803 g/mol. The maximum Gasteiger partial charge on any atom is 0.337 e. The monoisotopic (exact) mass is 802 g/mol. The smallest absolute Gasteiger partial charge is 0.337 e. The molecule has 0 N–H and O–H groups in total. The molecule has 0 bridgehead atoms. The summed E-state index contributed by atoms with van der Waals surface area (Å²) >= 11 is 0. The normalized spacial score (nSPS) is 17.5. The summed E-state index contributed by atoms with van der Waals surface area (Å²) < 4.78 is 7.33. The zero-order valence-corrected chi connectivity index (χ0v) is 37.1. The molecule has 0 fully saturated rings. The van der Waals surface area contributed by atoms with Crippen LogP contribution in [-0.2, 0) is 21.7 Å². The molecular formula is C58H51BN2O. The standard InChI is InChI=1S/C58H51BN2O/c1-34-30-45-46(57(7,8)29-28-56(45,5)6)33-48(34)60-49-32-35(55(2,3)4)31-40-38-21-17-25-44-53(38)61(59(51(40)49)52-39-20-11-16-27-50(39)62-54(52)60)47-26-15-14-24-43(47)58(44)41-22-12-9-18-36(41)37-19-10-13-23-42(37)58/h9-27,30-33H,28-29H2,1-8H3. The lowest BCUT2D eigenvalue weighted by Crippen LogP contribution is -2.63. The van der Waals surface area contributed by atoms with Crippen molar-refractivity contribution in [2.75, 3.05) is 9.71 Å². The summed E-state index contributed by atoms with van der Waals surface area (Å²) in [6, 6.07) is 53.6. The van der Waals surface area contributed by atoms with Gasteiger partial charge in [0, 0.05) is 33.5 Å². The number of aryl methyl sites for hydroxylation is 1. The molecule has 8 aromatic rings. The number of rotatable bonds is 1. The zero-order valence-electron chi connectivity index (χ0n) is 37.1. The fourth-order valence-electron chi connectivity index (χ4n) is 12.6. The van der Waals surface area contributed by atoms with E-state index in [-0.39, 0.29) is 23.1 Å². The van der Waals surface area contributed by atoms with Crippen LogP contribution in [0.5, 0.6) is 0 Å². The Morgan fingerprint density at radius 2 is 1.13 bits per heavy atom. The molecule has 0 saturated carbocycles. The van der Waals surface area contributed by atoms with Crippen molar-refractivity contribution in [2.45, 2.75) is 89.9 Å². The molecular weight excluding hydrogens is 751 g/mol. The Balaban J connectivity index is 1.19. The van der Waals surface area contributed by atoms with Gasteiger partial charge in [0.15, 0.2) is 0 Å². The maximum atomic E-state index is 7.33. The second kappa shape index (κ2) is 11.8. The van der Waals surface area contributed by atoms with Crippen LogP contribution in [0.15, 0.2) is 144 Å². The summed E-state index contributed by atoms with van der Waals surface area (Å²) in [5, 5.41) is 1.17. The van der Waals surface area contributed by atoms with Crippen molar-refractivity contribution in [1.29, 1.82) is 0 Å². The third-order valence-corrected chi connectivity index (χ3v) is 15.8. The molecule has 4 heteroatoms. The molecule has 3 aliphatic heterocycles. The minimum absolute atomic E-state index is 0.0509. The Morgan fingerprint density at radius 1 is 0.532 bits per heavy atom. The number of benzene rings is 7. The van der Waals surface area contributed by atoms with E-state index >= 15 is 0 Å². The predicted molar refractivity (Wildman–Crippen MR) is 260 cm³/mol. The topological polar surface area (TPSA) is 19.6 Å². The van der Waals surface area contributed by atoms with Crippen molar-refractivity contribution >= 4 is 57.4 Å². The van der Waals surface area contributed by atoms with Crippen molar-refractivity contribution in [3.8, 4) is 22.3 Å². The van der Waals surface area contributed by atoms with E-state index in [1.807, 2.05) is 0 Å². The van der Waals surface area contributed by atoms with Gasteiger partial charge in [-0.15, -0.1) is 0 Å². The molecule has 5 aliphatic rings. The van der Waals surface area contributed by atoms with Gasteiger partial charge >= 0.3 is 6.85 Å². The van der Waals surface area contributed by atoms with Gasteiger partial charge in [0.2, 0.25) is 5.88 Å². The van der Waals surface area contributed by atoms with Crippen molar-refractivity contribution in [1.82, 2.24) is 0 Å². The number of furan rings is 1. The fourth-order valence-corrected chi connectivity index (χ4v) is 12.6. The van der Waals surface area contributed by atoms with Crippen molar-refractivity contribution < 1.29 is 4.42 Å². The van der Waals surface area contributed by atoms with Gasteiger partial charge in [-0.1, -0.05) is 164 Å². The Labute approximate surface area is 366 Å². The summed E-state index contributed by atoms with van der Waals surface area (Å²) in [7, 11) is 0. The first-order chi connectivity index (χ1) is 29.8. The minimum atomic E-state index is -0.490. The second-order valence-electron chi connectivity index (χ2n) is 21.1. The van der Waals surface area contributed by atoms with E-state index < -0.39 is 5.41 Å². The van der Waals surface area contributed by atoms with E-state index in [4.69, 9.17) is 4.42 Å². The highest BCUT2D eigenvalue weighted by atomic mass is 16.4. The first kappa shape index (κ1) is 36.4. The highest BCUT2D eigenvalue weighted by Gasteiger charge is 2.57. The zero-order chi connectivity index (χ0) is 42.2. The Kier molecular flexibility index (Phi) is 6.93. The van der Waals surface area contributed by atoms with Crippen LogP contribution in [0.25, 0.3) is 33.2 Å². The minimum Gasteiger partial charge on any atom is -0.440 e. The molecule has 1 aromatic heterocycles. The van der Waals surface area contributed by atoms with E-state index in [1.54, 1.807) is 0 Å². The lowest BCUT2D eigenvalue weighted by molar-refractivity contribution is 0.332. The summed E-state index contributed by atoms with van der Waals surface area (Å²) in [5.41, 5.74) is 24.2. The van der Waals surface area contributed by atoms with Crippen LogP contribution in [0.1, 0.15) is 106 Å². The first-order valence-corrected chi connectivity index (χ1v) is 22.7. The van der Waals surface area contributed by atoms with E-state index in [0.717, 1.165) is 17.9 Å². The molecule has 0 saturated heterocycles. The first-order valence-electron chi connectivity index (χ1n) is 22.7. The van der Waals surface area contributed by atoms with Gasteiger partial charge in [0.1, 0.15) is 5.58 Å². The van der Waals surface area contributed by atoms with E-state index in [1.165, 1.54) is 112 Å². The van der Waals surface area contributed by atoms with Crippen molar-refractivity contribution in [3.63, 3.8) is 0 Å². The van der Waals surface area contributed by atoms with Crippen molar-refractivity contribution in [3.05, 3.63) is 184 Å². The lowest BCUT2D eigenvalue weighted by atomic mass is 9.42. The number of hydrogen-bond donors (Lipinski definition) is 0. The summed E-state index contributed by atoms with van der Waals surface area (Å²) in [6.07, 6.45) is 2.34. The number of anilines is 5. The van der Waals surface area contributed by atoms with Crippen LogP contribution < -0.4 is 20.6 Å². The SMILES string of the molecule is Cc1cc2c(cc1N1c3cc(C(C)(C)C)cc4c3B(c3c1oc1ccccc31)N1c3ccccc3C3(c5ccccc5-c5ccccc53)c3cccc-4c31)C(C)(C)CCC2(C)C. The van der Waals surface area contributed by atoms with Gasteiger partial charge in [0.25, 0.3) is 0 Å². The molecule has 7 aromatic carbocycles. The lowest BCUT2D eigenvalue weighted by Gasteiger charge is -2.52. The molecule has 13 rings (SSSR count). The molecule has 0 atom stereocenters. The molecule has 62 heavy (non-hydrogen) atoms. The van der Waals surface area contributed by atoms with Crippen LogP contribution in [0.2, 0.25) is 0 Å². The van der Waals surface area contributed by atoms with Gasteiger partial charge in [-0.2, -0.15) is 0 Å². The highest BCUT2D eigenvalue weighted by Crippen LogP contribution is 2.65. The van der Waals surface area contributed by atoms with Gasteiger partial charge in [-0.05, 0) is 127 Å². The van der Waals surface area contributed by atoms with E-state index in [0.29, 0.717) is 0 Å². The van der Waals surface area contributed by atoms with Gasteiger partial charge in [-0.3, -0.25) is 4.90 Å². The molecule has 0 amide bonds. The van der Waals surface area contributed by atoms with Crippen LogP contribution in [0, 0.1) is 6.92 Å². The molecule has 0 unspecified atom stereocenters. The van der Waals surface area contributed by atoms with Crippen LogP contribution in [-0.4, -0.2) is 6.85 Å². The van der Waals surface area contributed by atoms with Crippen LogP contribution >= 0.6 is 0 Å². The molecule has 0 radical (unpaired) electrons. The highest BCUT2D eigenvalue weighted by molar-refractivity contribution is 6.95.